The van der Waals surface area contributed by atoms with Crippen molar-refractivity contribution in [3.05, 3.63) is 44.7 Å². The van der Waals surface area contributed by atoms with Gasteiger partial charge in [0.2, 0.25) is 5.91 Å². The van der Waals surface area contributed by atoms with Crippen LogP contribution in [-0.4, -0.2) is 68.7 Å². The summed E-state index contributed by atoms with van der Waals surface area (Å²) in [6, 6.07) is 2.66. The Balaban J connectivity index is 1.88. The van der Waals surface area contributed by atoms with E-state index < -0.39 is 17.6 Å². The maximum atomic E-state index is 13.8. The van der Waals surface area contributed by atoms with Crippen LogP contribution in [0.5, 0.6) is 0 Å². The minimum absolute atomic E-state index is 0.150. The topological polar surface area (TPSA) is 113 Å². The lowest BCUT2D eigenvalue weighted by molar-refractivity contribution is -0.145. The summed E-state index contributed by atoms with van der Waals surface area (Å²) in [5, 5.41) is 2.77. The molecule has 196 valence electrons. The second-order valence-corrected chi connectivity index (χ2v) is 10.9. The number of hydrogen-bond donors (Lipinski definition) is 1. The van der Waals surface area contributed by atoms with Gasteiger partial charge in [0.1, 0.15) is 21.8 Å². The van der Waals surface area contributed by atoms with E-state index in [0.29, 0.717) is 34.5 Å². The Bertz CT molecular complexity index is 1370. The molecule has 1 N–H and O–H groups in total. The van der Waals surface area contributed by atoms with Gasteiger partial charge in [-0.1, -0.05) is 43.9 Å². The first-order valence-corrected chi connectivity index (χ1v) is 13.3. The number of fused-ring (bicyclic) bond motifs is 1. The van der Waals surface area contributed by atoms with Crippen molar-refractivity contribution in [3.8, 4) is 0 Å². The van der Waals surface area contributed by atoms with Crippen molar-refractivity contribution in [2.45, 2.75) is 40.2 Å². The Kier molecular flexibility index (Phi) is 7.98. The molecule has 2 aromatic heterocycles. The molecule has 2 aliphatic rings. The molecule has 2 aromatic rings. The van der Waals surface area contributed by atoms with Crippen molar-refractivity contribution in [3.63, 3.8) is 0 Å². The highest BCUT2D eigenvalue weighted by Gasteiger charge is 2.37. The fraction of sp³-hybridized carbons (Fsp3) is 0.440. The van der Waals surface area contributed by atoms with Gasteiger partial charge in [-0.25, -0.2) is 4.98 Å². The predicted molar refractivity (Wildman–Crippen MR) is 146 cm³/mol. The number of aryl methyl sites for hydroxylation is 1. The zero-order chi connectivity index (χ0) is 26.9. The largest absolute Gasteiger partial charge is 0.466 e. The van der Waals surface area contributed by atoms with Crippen molar-refractivity contribution in [2.75, 3.05) is 31.1 Å². The van der Waals surface area contributed by atoms with Gasteiger partial charge < -0.3 is 15.0 Å². The summed E-state index contributed by atoms with van der Waals surface area (Å²) in [5.74, 6) is -0.719. The summed E-state index contributed by atoms with van der Waals surface area (Å²) in [6.45, 7) is 8.80. The maximum absolute atomic E-state index is 13.8. The van der Waals surface area contributed by atoms with E-state index in [-0.39, 0.29) is 42.1 Å². The number of rotatable bonds is 7. The fourth-order valence-corrected chi connectivity index (χ4v) is 5.61. The second-order valence-electron chi connectivity index (χ2n) is 9.23. The van der Waals surface area contributed by atoms with Crippen LogP contribution in [0, 0.1) is 12.8 Å². The first kappa shape index (κ1) is 26.8. The number of amides is 2. The third-order valence-electron chi connectivity index (χ3n) is 6.03. The van der Waals surface area contributed by atoms with Crippen LogP contribution in [0.15, 0.2) is 28.0 Å². The van der Waals surface area contributed by atoms with Crippen LogP contribution in [0.3, 0.4) is 0 Å². The Morgan fingerprint density at radius 1 is 1.35 bits per heavy atom. The molecular formula is C25H29N5O5S2. The van der Waals surface area contributed by atoms with Crippen LogP contribution in [0.4, 0.5) is 5.82 Å². The number of nitrogens with zero attached hydrogens (tertiary/aromatic N) is 4. The summed E-state index contributed by atoms with van der Waals surface area (Å²) in [6.07, 6.45) is 2.92. The van der Waals surface area contributed by atoms with E-state index in [1.54, 1.807) is 24.1 Å². The van der Waals surface area contributed by atoms with E-state index in [4.69, 9.17) is 21.9 Å². The number of nitrogens with one attached hydrogen (secondary N) is 1. The minimum Gasteiger partial charge on any atom is -0.466 e. The number of pyridine rings is 1. The summed E-state index contributed by atoms with van der Waals surface area (Å²) in [7, 11) is 0. The molecule has 4 heterocycles. The lowest BCUT2D eigenvalue weighted by atomic mass is 10.1. The summed E-state index contributed by atoms with van der Waals surface area (Å²) >= 11 is 6.57. The van der Waals surface area contributed by atoms with Gasteiger partial charge in [-0.05, 0) is 37.5 Å². The zero-order valence-electron chi connectivity index (χ0n) is 21.1. The standard InChI is InChI=1S/C25H29N5O5S2/c1-5-35-19(31)12-17-22(32)26-8-10-28(17)21-16(23(33)29-9-6-7-15(4)20(29)27-21)11-18-24(34)30(13-14(2)3)25(36)37-18/h6-7,9,11,14,17H,5,8,10,12-13H2,1-4H3,(H,26,32)/b18-11+. The van der Waals surface area contributed by atoms with E-state index in [2.05, 4.69) is 5.32 Å². The molecular weight excluding hydrogens is 514 g/mol. The minimum atomic E-state index is -0.922. The van der Waals surface area contributed by atoms with Gasteiger partial charge in [-0.15, -0.1) is 0 Å². The molecule has 12 heteroatoms. The lowest BCUT2D eigenvalue weighted by Crippen LogP contribution is -2.57. The third kappa shape index (κ3) is 5.40. The number of hydrogen-bond acceptors (Lipinski definition) is 9. The normalized spacial score (nSPS) is 19.3. The number of piperazine rings is 1. The summed E-state index contributed by atoms with van der Waals surface area (Å²) in [4.78, 5) is 60.5. The molecule has 37 heavy (non-hydrogen) atoms. The summed E-state index contributed by atoms with van der Waals surface area (Å²) < 4.78 is 6.93. The Labute approximate surface area is 224 Å². The first-order valence-electron chi connectivity index (χ1n) is 12.1. The molecule has 4 rings (SSSR count). The van der Waals surface area contributed by atoms with Crippen molar-refractivity contribution in [1.29, 1.82) is 0 Å². The van der Waals surface area contributed by atoms with Gasteiger partial charge in [0.25, 0.3) is 11.5 Å². The number of thioether (sulfide) groups is 1. The number of thiocarbonyl (C=S) groups is 1. The van der Waals surface area contributed by atoms with Crippen molar-refractivity contribution in [2.24, 2.45) is 5.92 Å². The van der Waals surface area contributed by atoms with Crippen molar-refractivity contribution in [1.82, 2.24) is 19.6 Å². The first-order chi connectivity index (χ1) is 17.6. The average Bonchev–Trinajstić information content (AvgIpc) is 3.09. The van der Waals surface area contributed by atoms with Crippen LogP contribution >= 0.6 is 24.0 Å². The zero-order valence-corrected chi connectivity index (χ0v) is 22.8. The highest BCUT2D eigenvalue weighted by molar-refractivity contribution is 8.26. The number of carbonyl (C=O) groups excluding carboxylic acids is 3. The third-order valence-corrected chi connectivity index (χ3v) is 7.41. The SMILES string of the molecule is CCOC(=O)CC1C(=O)NCCN1c1nc2c(C)cccn2c(=O)c1/C=C1/SC(=S)N(CC(C)C)C1=O. The van der Waals surface area contributed by atoms with E-state index in [1.165, 1.54) is 15.4 Å². The van der Waals surface area contributed by atoms with Gasteiger partial charge >= 0.3 is 5.97 Å². The van der Waals surface area contributed by atoms with Gasteiger partial charge in [-0.2, -0.15) is 0 Å². The average molecular weight is 544 g/mol. The summed E-state index contributed by atoms with van der Waals surface area (Å²) in [5.41, 5.74) is 0.947. The highest BCUT2D eigenvalue weighted by atomic mass is 32.2. The highest BCUT2D eigenvalue weighted by Crippen LogP contribution is 2.34. The molecule has 2 aliphatic heterocycles. The fourth-order valence-electron chi connectivity index (χ4n) is 4.35. The molecule has 1 atom stereocenters. The van der Waals surface area contributed by atoms with Crippen molar-refractivity contribution >= 4 is 63.6 Å². The quantitative estimate of drug-likeness (QED) is 0.319. The number of carbonyl (C=O) groups is 3. The van der Waals surface area contributed by atoms with E-state index in [9.17, 15) is 19.2 Å². The molecule has 2 saturated heterocycles. The van der Waals surface area contributed by atoms with Gasteiger partial charge in [-0.3, -0.25) is 28.5 Å². The number of esters is 1. The Hall–Kier alpha value is -3.25. The molecule has 2 amide bonds. The molecule has 0 spiro atoms. The molecule has 1 unspecified atom stereocenters. The molecule has 2 fully saturated rings. The van der Waals surface area contributed by atoms with Gasteiger partial charge in [0.05, 0.1) is 23.5 Å². The van der Waals surface area contributed by atoms with Crippen LogP contribution in [0.2, 0.25) is 0 Å². The van der Waals surface area contributed by atoms with Crippen molar-refractivity contribution < 1.29 is 19.1 Å². The van der Waals surface area contributed by atoms with Crippen LogP contribution < -0.4 is 15.8 Å². The Morgan fingerprint density at radius 2 is 2.11 bits per heavy atom. The van der Waals surface area contributed by atoms with Gasteiger partial charge in [0.15, 0.2) is 0 Å². The smallest absolute Gasteiger partial charge is 0.308 e. The Morgan fingerprint density at radius 3 is 2.81 bits per heavy atom. The number of anilines is 1. The molecule has 0 radical (unpaired) electrons. The number of ether oxygens (including phenoxy) is 1. The number of aromatic nitrogens is 2. The van der Waals surface area contributed by atoms with Gasteiger partial charge in [0, 0.05) is 25.8 Å². The second kappa shape index (κ2) is 11.0. The van der Waals surface area contributed by atoms with Crippen LogP contribution in [0.1, 0.15) is 38.3 Å². The molecule has 10 nitrogen and oxygen atoms in total. The van der Waals surface area contributed by atoms with E-state index in [1.807, 2.05) is 26.8 Å². The maximum Gasteiger partial charge on any atom is 0.308 e. The van der Waals surface area contributed by atoms with Crippen LogP contribution in [0.25, 0.3) is 11.7 Å². The molecule has 0 aromatic carbocycles. The monoisotopic (exact) mass is 543 g/mol. The molecule has 0 aliphatic carbocycles. The molecule has 0 bridgehead atoms. The van der Waals surface area contributed by atoms with E-state index in [0.717, 1.165) is 17.3 Å². The van der Waals surface area contributed by atoms with Crippen LogP contribution in [-0.2, 0) is 19.1 Å². The van der Waals surface area contributed by atoms with E-state index >= 15 is 0 Å². The molecule has 0 saturated carbocycles. The predicted octanol–water partition coefficient (Wildman–Crippen LogP) is 2.12. The lowest BCUT2D eigenvalue weighted by Gasteiger charge is -2.36.